The van der Waals surface area contributed by atoms with Gasteiger partial charge in [0.1, 0.15) is 17.6 Å². The van der Waals surface area contributed by atoms with Crippen LogP contribution in [0.1, 0.15) is 37.6 Å². The van der Waals surface area contributed by atoms with Gasteiger partial charge in [-0.25, -0.2) is 18.5 Å². The highest BCUT2D eigenvalue weighted by Crippen LogP contribution is 2.31. The molecule has 2 aromatic heterocycles. The molecule has 2 saturated heterocycles. The van der Waals surface area contributed by atoms with Gasteiger partial charge in [-0.05, 0) is 38.0 Å². The minimum atomic E-state index is -0.655. The summed E-state index contributed by atoms with van der Waals surface area (Å²) in [7, 11) is 0. The average molecular weight is 456 g/mol. The molecule has 2 fully saturated rings. The summed E-state index contributed by atoms with van der Waals surface area (Å²) in [4.78, 5) is 15.8. The topological polar surface area (TPSA) is 114 Å². The Balaban J connectivity index is 1.22. The fraction of sp³-hybridized carbons (Fsp3) is 0.476. The Bertz CT molecular complexity index is 1110. The fourth-order valence-electron chi connectivity index (χ4n) is 4.32. The zero-order chi connectivity index (χ0) is 22.9. The van der Waals surface area contributed by atoms with Gasteiger partial charge in [0.25, 0.3) is 0 Å². The number of aliphatic hydroxyl groups is 1. The van der Waals surface area contributed by atoms with Crippen molar-refractivity contribution in [2.45, 2.75) is 44.6 Å². The summed E-state index contributed by atoms with van der Waals surface area (Å²) in [5.41, 5.74) is 1.51. The Morgan fingerprint density at radius 2 is 2.09 bits per heavy atom. The van der Waals surface area contributed by atoms with Crippen molar-refractivity contribution in [1.29, 1.82) is 0 Å². The summed E-state index contributed by atoms with van der Waals surface area (Å²) < 4.78 is 23.8. The van der Waals surface area contributed by atoms with Crippen LogP contribution in [0, 0.1) is 5.82 Å². The highest BCUT2D eigenvalue weighted by atomic mass is 19.1. The van der Waals surface area contributed by atoms with E-state index >= 15 is 4.39 Å². The van der Waals surface area contributed by atoms with Crippen LogP contribution in [0.5, 0.6) is 0 Å². The molecule has 1 N–H and O–H groups in total. The molecule has 0 radical (unpaired) electrons. The lowest BCUT2D eigenvalue weighted by molar-refractivity contribution is 0.129. The van der Waals surface area contributed by atoms with E-state index < -0.39 is 12.2 Å². The third-order valence-corrected chi connectivity index (χ3v) is 6.11. The first-order chi connectivity index (χ1) is 16.0. The van der Waals surface area contributed by atoms with Crippen molar-refractivity contribution in [3.05, 3.63) is 48.3 Å². The van der Waals surface area contributed by atoms with Crippen molar-refractivity contribution in [2.75, 3.05) is 29.4 Å². The van der Waals surface area contributed by atoms with E-state index in [2.05, 4.69) is 20.6 Å². The van der Waals surface area contributed by atoms with Crippen LogP contribution < -0.4 is 9.80 Å². The summed E-state index contributed by atoms with van der Waals surface area (Å²) in [6.07, 6.45) is 5.05. The Morgan fingerprint density at radius 1 is 1.27 bits per heavy atom. The highest BCUT2D eigenvalue weighted by molar-refractivity contribution is 5.90. The van der Waals surface area contributed by atoms with E-state index in [1.165, 1.54) is 11.0 Å². The number of cyclic esters (lactones) is 1. The van der Waals surface area contributed by atoms with E-state index in [1.807, 2.05) is 4.90 Å². The van der Waals surface area contributed by atoms with Gasteiger partial charge in [-0.1, -0.05) is 10.4 Å². The lowest BCUT2D eigenvalue weighted by atomic mass is 10.0. The smallest absolute Gasteiger partial charge is 0.414 e. The highest BCUT2D eigenvalue weighted by Gasteiger charge is 2.33. The van der Waals surface area contributed by atoms with Gasteiger partial charge in [-0.15, -0.1) is 10.2 Å². The molecule has 174 valence electrons. The Morgan fingerprint density at radius 3 is 2.76 bits per heavy atom. The van der Waals surface area contributed by atoms with E-state index in [-0.39, 0.29) is 18.0 Å². The Labute approximate surface area is 189 Å². The molecule has 4 heterocycles. The van der Waals surface area contributed by atoms with Gasteiger partial charge in [-0.2, -0.15) is 0 Å². The molecule has 3 aromatic rings. The predicted octanol–water partition coefficient (Wildman–Crippen LogP) is 1.93. The number of carbonyl (C=O) groups is 1. The molecule has 0 bridgehead atoms. The van der Waals surface area contributed by atoms with Crippen molar-refractivity contribution in [2.24, 2.45) is 0 Å². The molecule has 0 spiro atoms. The molecule has 33 heavy (non-hydrogen) atoms. The van der Waals surface area contributed by atoms with Crippen LogP contribution in [0.15, 0.2) is 36.8 Å². The molecule has 1 aromatic carbocycles. The lowest BCUT2D eigenvalue weighted by Crippen LogP contribution is -2.35. The third kappa shape index (κ3) is 4.38. The number of carbonyl (C=O) groups excluding carboxylic acids is 1. The molecule has 5 rings (SSSR count). The van der Waals surface area contributed by atoms with Crippen molar-refractivity contribution >= 4 is 17.5 Å². The molecular formula is C21H25FN8O3. The molecule has 12 heteroatoms. The number of anilines is 2. The minimum absolute atomic E-state index is 0.157. The average Bonchev–Trinajstić information content (AvgIpc) is 3.56. The maximum Gasteiger partial charge on any atom is 0.414 e. The summed E-state index contributed by atoms with van der Waals surface area (Å²) in [5, 5.41) is 25.4. The monoisotopic (exact) mass is 456 g/mol. The summed E-state index contributed by atoms with van der Waals surface area (Å²) in [6, 6.07) is 5.00. The number of aromatic nitrogens is 6. The van der Waals surface area contributed by atoms with E-state index in [0.29, 0.717) is 43.2 Å². The van der Waals surface area contributed by atoms with Gasteiger partial charge in [0.05, 0.1) is 49.0 Å². The maximum absolute atomic E-state index is 15.0. The number of hydrogen-bond acceptors (Lipinski definition) is 8. The van der Waals surface area contributed by atoms with Gasteiger partial charge in [-0.3, -0.25) is 4.90 Å². The predicted molar refractivity (Wildman–Crippen MR) is 115 cm³/mol. The van der Waals surface area contributed by atoms with E-state index in [4.69, 9.17) is 4.74 Å². The number of piperidine rings is 1. The lowest BCUT2D eigenvalue weighted by Gasteiger charge is -2.33. The molecular weight excluding hydrogens is 431 g/mol. The van der Waals surface area contributed by atoms with E-state index in [0.717, 1.165) is 12.8 Å². The van der Waals surface area contributed by atoms with Gasteiger partial charge in [0, 0.05) is 19.3 Å². The Hall–Kier alpha value is -3.54. The number of hydrogen-bond donors (Lipinski definition) is 1. The van der Waals surface area contributed by atoms with E-state index in [1.54, 1.807) is 47.0 Å². The Kier molecular flexibility index (Phi) is 5.67. The van der Waals surface area contributed by atoms with Crippen molar-refractivity contribution in [3.63, 3.8) is 0 Å². The van der Waals surface area contributed by atoms with Crippen LogP contribution in [0.2, 0.25) is 0 Å². The van der Waals surface area contributed by atoms with Gasteiger partial charge in [0.2, 0.25) is 0 Å². The van der Waals surface area contributed by atoms with Crippen molar-refractivity contribution in [3.8, 4) is 0 Å². The summed E-state index contributed by atoms with van der Waals surface area (Å²) in [5.74, 6) is -0.379. The fourth-order valence-corrected chi connectivity index (χ4v) is 4.32. The zero-order valence-electron chi connectivity index (χ0n) is 18.2. The normalized spacial score (nSPS) is 20.3. The SMILES string of the molecule is CC(O)c1cn(C2CCN(c3ccc(N4C[C@H](Cn5ccnn5)OC4=O)cc3F)CC2)nn1. The zero-order valence-corrected chi connectivity index (χ0v) is 18.2. The van der Waals surface area contributed by atoms with Crippen LogP contribution in [0.3, 0.4) is 0 Å². The van der Waals surface area contributed by atoms with Crippen LogP contribution in [0.25, 0.3) is 0 Å². The first-order valence-electron chi connectivity index (χ1n) is 10.9. The molecule has 2 aliphatic rings. The van der Waals surface area contributed by atoms with Gasteiger partial charge in [0.15, 0.2) is 0 Å². The van der Waals surface area contributed by atoms with Crippen LogP contribution >= 0.6 is 0 Å². The third-order valence-electron chi connectivity index (χ3n) is 6.11. The molecule has 11 nitrogen and oxygen atoms in total. The number of amides is 1. The van der Waals surface area contributed by atoms with Crippen LogP contribution in [0.4, 0.5) is 20.6 Å². The summed E-state index contributed by atoms with van der Waals surface area (Å²) in [6.45, 7) is 3.69. The molecule has 2 aliphatic heterocycles. The molecule has 1 amide bonds. The molecule has 0 saturated carbocycles. The van der Waals surface area contributed by atoms with E-state index in [9.17, 15) is 9.90 Å². The van der Waals surface area contributed by atoms with Gasteiger partial charge < -0.3 is 14.7 Å². The van der Waals surface area contributed by atoms with Crippen LogP contribution in [-0.4, -0.2) is 66.9 Å². The molecule has 2 atom stereocenters. The largest absolute Gasteiger partial charge is 0.442 e. The summed E-state index contributed by atoms with van der Waals surface area (Å²) >= 11 is 0. The minimum Gasteiger partial charge on any atom is -0.442 e. The van der Waals surface area contributed by atoms with Crippen molar-refractivity contribution < 1.29 is 19.0 Å². The number of nitrogens with zero attached hydrogens (tertiary/aromatic N) is 8. The number of aliphatic hydroxyl groups excluding tert-OH is 1. The first kappa shape index (κ1) is 21.3. The second kappa shape index (κ2) is 8.77. The number of rotatable bonds is 6. The van der Waals surface area contributed by atoms with Crippen molar-refractivity contribution in [1.82, 2.24) is 30.0 Å². The second-order valence-electron chi connectivity index (χ2n) is 8.39. The maximum atomic E-state index is 15.0. The number of benzene rings is 1. The number of halogens is 1. The molecule has 1 unspecified atom stereocenters. The standard InChI is InChI=1S/C21H25FN8O3/c1-14(31)19-13-30(26-24-19)15-4-7-27(8-5-15)20-3-2-16(10-18(20)22)29-12-17(33-21(29)32)11-28-9-6-23-25-28/h2-3,6,9-10,13-15,17,31H,4-5,7-8,11-12H2,1H3/t14?,17-/m0/s1. The second-order valence-corrected chi connectivity index (χ2v) is 8.39. The van der Waals surface area contributed by atoms with Crippen LogP contribution in [-0.2, 0) is 11.3 Å². The number of ether oxygens (including phenoxy) is 1. The van der Waals surface area contributed by atoms with Gasteiger partial charge >= 0.3 is 6.09 Å². The first-order valence-corrected chi connectivity index (χ1v) is 10.9. The molecule has 0 aliphatic carbocycles. The quantitative estimate of drug-likeness (QED) is 0.599.